The summed E-state index contributed by atoms with van der Waals surface area (Å²) in [7, 11) is 0. The van der Waals surface area contributed by atoms with E-state index in [2.05, 4.69) is 102 Å². The third-order valence-electron chi connectivity index (χ3n) is 5.84. The summed E-state index contributed by atoms with van der Waals surface area (Å²) in [6.07, 6.45) is 0. The van der Waals surface area contributed by atoms with Gasteiger partial charge in [-0.1, -0.05) is 84.4 Å². The van der Waals surface area contributed by atoms with E-state index in [4.69, 9.17) is 11.6 Å². The van der Waals surface area contributed by atoms with E-state index in [0.29, 0.717) is 0 Å². The molecule has 142 valence electrons. The van der Waals surface area contributed by atoms with Crippen LogP contribution in [0.1, 0.15) is 0 Å². The van der Waals surface area contributed by atoms with E-state index in [1.54, 1.807) is 0 Å². The molecule has 0 aliphatic heterocycles. The fraction of sp³-hybridized carbons (Fsp3) is 0. The van der Waals surface area contributed by atoms with Crippen LogP contribution in [0.5, 0.6) is 0 Å². The number of hydrogen-bond acceptors (Lipinski definition) is 0. The second-order valence-corrected chi connectivity index (χ2v) is 8.06. The average molecular weight is 404 g/mol. The van der Waals surface area contributed by atoms with E-state index < -0.39 is 0 Å². The molecule has 0 saturated carbocycles. The Hall–Kier alpha value is -3.55. The molecule has 0 atom stereocenters. The van der Waals surface area contributed by atoms with Crippen LogP contribution in [0.3, 0.4) is 0 Å². The van der Waals surface area contributed by atoms with Gasteiger partial charge in [-0.2, -0.15) is 0 Å². The van der Waals surface area contributed by atoms with E-state index in [9.17, 15) is 0 Å². The van der Waals surface area contributed by atoms with Gasteiger partial charge in [0.05, 0.1) is 11.0 Å². The Labute approximate surface area is 179 Å². The fourth-order valence-electron chi connectivity index (χ4n) is 4.39. The van der Waals surface area contributed by atoms with Crippen LogP contribution in [0.15, 0.2) is 109 Å². The zero-order chi connectivity index (χ0) is 20.1. The van der Waals surface area contributed by atoms with Crippen molar-refractivity contribution in [2.24, 2.45) is 0 Å². The minimum Gasteiger partial charge on any atom is -0.309 e. The summed E-state index contributed by atoms with van der Waals surface area (Å²) in [6.45, 7) is 0. The van der Waals surface area contributed by atoms with Gasteiger partial charge in [0.2, 0.25) is 0 Å². The molecule has 0 aliphatic rings. The lowest BCUT2D eigenvalue weighted by atomic mass is 10.0. The summed E-state index contributed by atoms with van der Waals surface area (Å²) in [4.78, 5) is 0. The van der Waals surface area contributed by atoms with Crippen LogP contribution in [0.4, 0.5) is 0 Å². The van der Waals surface area contributed by atoms with Crippen molar-refractivity contribution in [3.05, 3.63) is 114 Å². The summed E-state index contributed by atoms with van der Waals surface area (Å²) >= 11 is 6.10. The van der Waals surface area contributed by atoms with Gasteiger partial charge in [0, 0.05) is 21.5 Å². The quantitative estimate of drug-likeness (QED) is 0.274. The highest BCUT2D eigenvalue weighted by atomic mass is 35.5. The van der Waals surface area contributed by atoms with Gasteiger partial charge in [-0.15, -0.1) is 0 Å². The molecule has 6 rings (SSSR count). The number of para-hydroxylation sites is 1. The van der Waals surface area contributed by atoms with Gasteiger partial charge >= 0.3 is 0 Å². The number of benzene rings is 5. The molecule has 0 radical (unpaired) electrons. The van der Waals surface area contributed by atoms with Crippen LogP contribution in [-0.2, 0) is 0 Å². The molecule has 2 heteroatoms. The zero-order valence-electron chi connectivity index (χ0n) is 16.2. The van der Waals surface area contributed by atoms with Gasteiger partial charge in [-0.05, 0) is 58.3 Å². The van der Waals surface area contributed by atoms with Gasteiger partial charge in [-0.3, -0.25) is 0 Å². The molecule has 1 nitrogen and oxygen atoms in total. The Morgan fingerprint density at radius 1 is 0.500 bits per heavy atom. The van der Waals surface area contributed by atoms with Crippen molar-refractivity contribution >= 4 is 44.2 Å². The molecular formula is C28H18ClN. The topological polar surface area (TPSA) is 4.93 Å². The maximum absolute atomic E-state index is 6.10. The van der Waals surface area contributed by atoms with Gasteiger partial charge in [-0.25, -0.2) is 0 Å². The molecule has 1 aromatic heterocycles. The number of rotatable bonds is 2. The lowest BCUT2D eigenvalue weighted by Gasteiger charge is -2.10. The molecule has 0 fully saturated rings. The van der Waals surface area contributed by atoms with E-state index in [0.717, 1.165) is 10.6 Å². The largest absolute Gasteiger partial charge is 0.309 e. The van der Waals surface area contributed by atoms with Crippen molar-refractivity contribution in [3.8, 4) is 16.8 Å². The minimum absolute atomic E-state index is 0.755. The Morgan fingerprint density at radius 2 is 1.20 bits per heavy atom. The Balaban J connectivity index is 1.67. The normalized spacial score (nSPS) is 11.5. The summed E-state index contributed by atoms with van der Waals surface area (Å²) in [5, 5.41) is 5.78. The van der Waals surface area contributed by atoms with Crippen molar-refractivity contribution < 1.29 is 0 Å². The highest BCUT2D eigenvalue weighted by Crippen LogP contribution is 2.35. The third-order valence-corrected chi connectivity index (χ3v) is 6.09. The highest BCUT2D eigenvalue weighted by Gasteiger charge is 2.13. The van der Waals surface area contributed by atoms with Crippen molar-refractivity contribution in [2.45, 2.75) is 0 Å². The van der Waals surface area contributed by atoms with Crippen LogP contribution in [0.2, 0.25) is 5.02 Å². The molecule has 0 aliphatic carbocycles. The molecule has 0 spiro atoms. The minimum atomic E-state index is 0.755. The number of aromatic nitrogens is 1. The first-order valence-corrected chi connectivity index (χ1v) is 10.4. The highest BCUT2D eigenvalue weighted by molar-refractivity contribution is 6.30. The molecule has 0 saturated heterocycles. The molecule has 1 heterocycles. The number of hydrogen-bond donors (Lipinski definition) is 0. The third kappa shape index (κ3) is 2.71. The Morgan fingerprint density at radius 3 is 2.07 bits per heavy atom. The predicted octanol–water partition coefficient (Wildman–Crippen LogP) is 8.26. The van der Waals surface area contributed by atoms with Gasteiger partial charge in [0.25, 0.3) is 0 Å². The van der Waals surface area contributed by atoms with E-state index in [1.165, 1.54) is 43.8 Å². The maximum atomic E-state index is 6.10. The molecular weight excluding hydrogens is 386 g/mol. The zero-order valence-corrected chi connectivity index (χ0v) is 17.0. The van der Waals surface area contributed by atoms with Crippen LogP contribution >= 0.6 is 11.6 Å². The molecule has 0 unspecified atom stereocenters. The van der Waals surface area contributed by atoms with Crippen molar-refractivity contribution in [3.63, 3.8) is 0 Å². The molecule has 0 amide bonds. The molecule has 0 bridgehead atoms. The molecule has 0 N–H and O–H groups in total. The number of fused-ring (bicyclic) bond motifs is 4. The fourth-order valence-corrected chi connectivity index (χ4v) is 4.51. The molecule has 6 aromatic rings. The SMILES string of the molecule is Clc1ccc(-c2ccc3c4ccccc4n(-c4ccc5ccccc5c4)c3c2)cc1. The van der Waals surface area contributed by atoms with Crippen molar-refractivity contribution in [1.29, 1.82) is 0 Å². The van der Waals surface area contributed by atoms with E-state index in [1.807, 2.05) is 12.1 Å². The van der Waals surface area contributed by atoms with Gasteiger partial charge < -0.3 is 4.57 Å². The second-order valence-electron chi connectivity index (χ2n) is 7.62. The van der Waals surface area contributed by atoms with E-state index in [-0.39, 0.29) is 0 Å². The smallest absolute Gasteiger partial charge is 0.0547 e. The lowest BCUT2D eigenvalue weighted by Crippen LogP contribution is -1.94. The Bertz CT molecular complexity index is 1540. The van der Waals surface area contributed by atoms with Gasteiger partial charge in [0.15, 0.2) is 0 Å². The van der Waals surface area contributed by atoms with Crippen molar-refractivity contribution in [1.82, 2.24) is 4.57 Å². The number of nitrogens with zero attached hydrogens (tertiary/aromatic N) is 1. The maximum Gasteiger partial charge on any atom is 0.0547 e. The van der Waals surface area contributed by atoms with Crippen LogP contribution in [0, 0.1) is 0 Å². The summed E-state index contributed by atoms with van der Waals surface area (Å²) in [6, 6.07) is 38.6. The van der Waals surface area contributed by atoms with Crippen LogP contribution in [0.25, 0.3) is 49.4 Å². The second kappa shape index (κ2) is 6.76. The van der Waals surface area contributed by atoms with Crippen molar-refractivity contribution in [2.75, 3.05) is 0 Å². The van der Waals surface area contributed by atoms with Crippen LogP contribution in [-0.4, -0.2) is 4.57 Å². The van der Waals surface area contributed by atoms with Crippen LogP contribution < -0.4 is 0 Å². The summed E-state index contributed by atoms with van der Waals surface area (Å²) in [5.74, 6) is 0. The summed E-state index contributed by atoms with van der Waals surface area (Å²) < 4.78 is 2.37. The summed E-state index contributed by atoms with van der Waals surface area (Å²) in [5.41, 5.74) is 5.95. The first kappa shape index (κ1) is 17.3. The average Bonchev–Trinajstić information content (AvgIpc) is 3.13. The van der Waals surface area contributed by atoms with Gasteiger partial charge in [0.1, 0.15) is 0 Å². The molecule has 5 aromatic carbocycles. The molecule has 30 heavy (non-hydrogen) atoms. The van der Waals surface area contributed by atoms with E-state index >= 15 is 0 Å². The Kier molecular flexibility index (Phi) is 3.90. The standard InChI is InChI=1S/C28H18ClN/c29-23-13-9-20(10-14-23)22-12-16-26-25-7-3-4-8-27(25)30(28(26)18-22)24-15-11-19-5-1-2-6-21(19)17-24/h1-18H. The lowest BCUT2D eigenvalue weighted by molar-refractivity contribution is 1.19. The monoisotopic (exact) mass is 403 g/mol. The number of halogens is 1. The first-order chi connectivity index (χ1) is 14.8. The first-order valence-electron chi connectivity index (χ1n) is 10.1. The predicted molar refractivity (Wildman–Crippen MR) is 129 cm³/mol.